The van der Waals surface area contributed by atoms with E-state index >= 15 is 0 Å². The Balaban J connectivity index is 2.55. The van der Waals surface area contributed by atoms with Gasteiger partial charge >= 0.3 is 0 Å². The maximum Gasteiger partial charge on any atom is 0.0730 e. The summed E-state index contributed by atoms with van der Waals surface area (Å²) in [4.78, 5) is 4.54. The lowest BCUT2D eigenvalue weighted by atomic mass is 9.91. The third-order valence-corrected chi connectivity index (χ3v) is 3.94. The molecule has 0 spiro atoms. The second-order valence-corrected chi connectivity index (χ2v) is 5.52. The van der Waals surface area contributed by atoms with Crippen molar-refractivity contribution in [3.8, 4) is 0 Å². The van der Waals surface area contributed by atoms with E-state index in [2.05, 4.69) is 49.4 Å². The van der Waals surface area contributed by atoms with Crippen molar-refractivity contribution < 1.29 is 0 Å². The summed E-state index contributed by atoms with van der Waals surface area (Å²) >= 11 is 0. The van der Waals surface area contributed by atoms with Crippen LogP contribution in [-0.4, -0.2) is 4.98 Å². The van der Waals surface area contributed by atoms with Crippen LogP contribution in [0.4, 0.5) is 0 Å². The quantitative estimate of drug-likeness (QED) is 0.664. The Kier molecular flexibility index (Phi) is 4.21. The van der Waals surface area contributed by atoms with Gasteiger partial charge in [0.2, 0.25) is 0 Å². The summed E-state index contributed by atoms with van der Waals surface area (Å²) in [7, 11) is 0. The number of nitrogens with two attached hydrogens (primary N) is 1. The Bertz CT molecular complexity index is 632. The zero-order valence-corrected chi connectivity index (χ0v) is 12.9. The minimum atomic E-state index is -0.0256. The molecule has 1 heterocycles. The number of nitrogens with one attached hydrogen (secondary N) is 1. The number of hydrogen-bond acceptors (Lipinski definition) is 3. The zero-order valence-electron chi connectivity index (χ0n) is 12.9. The van der Waals surface area contributed by atoms with Crippen LogP contribution in [0.3, 0.4) is 0 Å². The molecule has 0 radical (unpaired) electrons. The summed E-state index contributed by atoms with van der Waals surface area (Å²) in [5.74, 6) is 5.82. The van der Waals surface area contributed by atoms with Crippen molar-refractivity contribution in [1.82, 2.24) is 10.4 Å². The minimum Gasteiger partial charge on any atom is -0.271 e. The molecular weight excluding hydrogens is 246 g/mol. The van der Waals surface area contributed by atoms with Crippen LogP contribution >= 0.6 is 0 Å². The standard InChI is InChI=1S/C17H23N3/c1-10-8-12(3)16(9-11(10)2)17(20-18)15-7-6-13(4)19-14(15)5/h6-9,17,20H,18H2,1-5H3. The molecule has 0 fully saturated rings. The van der Waals surface area contributed by atoms with Crippen LogP contribution in [0.1, 0.15) is 45.2 Å². The SMILES string of the molecule is Cc1ccc(C(NN)c2cc(C)c(C)cc2C)c(C)n1. The van der Waals surface area contributed by atoms with E-state index in [9.17, 15) is 0 Å². The molecule has 1 aromatic heterocycles. The van der Waals surface area contributed by atoms with E-state index < -0.39 is 0 Å². The van der Waals surface area contributed by atoms with Gasteiger partial charge in [0.25, 0.3) is 0 Å². The van der Waals surface area contributed by atoms with Crippen LogP contribution in [0.15, 0.2) is 24.3 Å². The van der Waals surface area contributed by atoms with Crippen molar-refractivity contribution in [2.75, 3.05) is 0 Å². The van der Waals surface area contributed by atoms with Gasteiger partial charge in [-0.1, -0.05) is 18.2 Å². The van der Waals surface area contributed by atoms with E-state index in [1.165, 1.54) is 22.3 Å². The third kappa shape index (κ3) is 2.74. The normalized spacial score (nSPS) is 12.5. The molecule has 1 aromatic carbocycles. The topological polar surface area (TPSA) is 50.9 Å². The molecule has 1 atom stereocenters. The van der Waals surface area contributed by atoms with Gasteiger partial charge in [-0.15, -0.1) is 0 Å². The van der Waals surface area contributed by atoms with Gasteiger partial charge in [-0.3, -0.25) is 10.8 Å². The van der Waals surface area contributed by atoms with Gasteiger partial charge in [-0.2, -0.15) is 0 Å². The summed E-state index contributed by atoms with van der Waals surface area (Å²) < 4.78 is 0. The molecule has 0 aliphatic heterocycles. The molecular formula is C17H23N3. The van der Waals surface area contributed by atoms with Crippen molar-refractivity contribution in [3.63, 3.8) is 0 Å². The third-order valence-electron chi connectivity index (χ3n) is 3.94. The van der Waals surface area contributed by atoms with E-state index in [4.69, 9.17) is 5.84 Å². The molecule has 0 saturated heterocycles. The van der Waals surface area contributed by atoms with Crippen LogP contribution in [0.25, 0.3) is 0 Å². The lowest BCUT2D eigenvalue weighted by Gasteiger charge is -2.22. The van der Waals surface area contributed by atoms with Gasteiger partial charge in [-0.05, 0) is 68.5 Å². The number of aromatic nitrogens is 1. The van der Waals surface area contributed by atoms with Gasteiger partial charge < -0.3 is 0 Å². The van der Waals surface area contributed by atoms with Crippen LogP contribution in [-0.2, 0) is 0 Å². The number of rotatable bonds is 3. The molecule has 0 saturated carbocycles. The van der Waals surface area contributed by atoms with E-state index in [-0.39, 0.29) is 6.04 Å². The highest BCUT2D eigenvalue weighted by Crippen LogP contribution is 2.28. The first kappa shape index (κ1) is 14.7. The molecule has 1 unspecified atom stereocenters. The Hall–Kier alpha value is -1.71. The fourth-order valence-electron chi connectivity index (χ4n) is 2.64. The van der Waals surface area contributed by atoms with Crippen LogP contribution < -0.4 is 11.3 Å². The second kappa shape index (κ2) is 5.73. The lowest BCUT2D eigenvalue weighted by Crippen LogP contribution is -2.30. The summed E-state index contributed by atoms with van der Waals surface area (Å²) in [5, 5.41) is 0. The van der Waals surface area contributed by atoms with Gasteiger partial charge in [-0.25, -0.2) is 5.43 Å². The number of aryl methyl sites for hydroxylation is 5. The minimum absolute atomic E-state index is 0.0256. The molecule has 2 rings (SSSR count). The molecule has 0 aliphatic carbocycles. The van der Waals surface area contributed by atoms with E-state index in [1.54, 1.807) is 0 Å². The number of nitrogens with zero attached hydrogens (tertiary/aromatic N) is 1. The predicted octanol–water partition coefficient (Wildman–Crippen LogP) is 3.18. The Labute approximate surface area is 121 Å². The van der Waals surface area contributed by atoms with E-state index in [0.717, 1.165) is 17.0 Å². The van der Waals surface area contributed by atoms with Gasteiger partial charge in [0.1, 0.15) is 0 Å². The van der Waals surface area contributed by atoms with Gasteiger partial charge in [0.05, 0.1) is 6.04 Å². The largest absolute Gasteiger partial charge is 0.271 e. The van der Waals surface area contributed by atoms with Gasteiger partial charge in [0.15, 0.2) is 0 Å². The average Bonchev–Trinajstić information content (AvgIpc) is 2.38. The zero-order chi connectivity index (χ0) is 14.9. The Morgan fingerprint density at radius 3 is 2.15 bits per heavy atom. The summed E-state index contributed by atoms with van der Waals surface area (Å²) in [6.45, 7) is 10.4. The fraction of sp³-hybridized carbons (Fsp3) is 0.353. The summed E-state index contributed by atoms with van der Waals surface area (Å²) in [6.07, 6.45) is 0. The number of hydrazine groups is 1. The van der Waals surface area contributed by atoms with Crippen molar-refractivity contribution in [3.05, 3.63) is 63.5 Å². The number of pyridine rings is 1. The first-order valence-electron chi connectivity index (χ1n) is 6.92. The average molecular weight is 269 g/mol. The summed E-state index contributed by atoms with van der Waals surface area (Å²) in [6, 6.07) is 8.54. The van der Waals surface area contributed by atoms with E-state index in [1.807, 2.05) is 19.9 Å². The smallest absolute Gasteiger partial charge is 0.0730 e. The highest BCUT2D eigenvalue weighted by Gasteiger charge is 2.18. The number of hydrogen-bond donors (Lipinski definition) is 2. The monoisotopic (exact) mass is 269 g/mol. The van der Waals surface area contributed by atoms with Crippen molar-refractivity contribution in [1.29, 1.82) is 0 Å². The lowest BCUT2D eigenvalue weighted by molar-refractivity contribution is 0.626. The molecule has 3 nitrogen and oxygen atoms in total. The first-order chi connectivity index (χ1) is 9.43. The molecule has 20 heavy (non-hydrogen) atoms. The molecule has 0 bridgehead atoms. The Morgan fingerprint density at radius 2 is 1.55 bits per heavy atom. The Morgan fingerprint density at radius 1 is 0.900 bits per heavy atom. The fourth-order valence-corrected chi connectivity index (χ4v) is 2.64. The maximum absolute atomic E-state index is 5.82. The number of benzene rings is 1. The molecule has 0 aliphatic rings. The highest BCUT2D eigenvalue weighted by molar-refractivity contribution is 5.43. The first-order valence-corrected chi connectivity index (χ1v) is 6.92. The molecule has 106 valence electrons. The van der Waals surface area contributed by atoms with Crippen molar-refractivity contribution in [2.45, 2.75) is 40.7 Å². The molecule has 0 amide bonds. The van der Waals surface area contributed by atoms with Crippen molar-refractivity contribution in [2.24, 2.45) is 5.84 Å². The second-order valence-electron chi connectivity index (χ2n) is 5.52. The van der Waals surface area contributed by atoms with Crippen LogP contribution in [0.2, 0.25) is 0 Å². The van der Waals surface area contributed by atoms with Crippen LogP contribution in [0, 0.1) is 34.6 Å². The maximum atomic E-state index is 5.82. The molecule has 2 aromatic rings. The highest BCUT2D eigenvalue weighted by atomic mass is 15.2. The van der Waals surface area contributed by atoms with Crippen molar-refractivity contribution >= 4 is 0 Å². The van der Waals surface area contributed by atoms with E-state index in [0.29, 0.717) is 0 Å². The predicted molar refractivity (Wildman–Crippen MR) is 83.5 cm³/mol. The van der Waals surface area contributed by atoms with Crippen LogP contribution in [0.5, 0.6) is 0 Å². The summed E-state index contributed by atoms with van der Waals surface area (Å²) in [5.41, 5.74) is 11.2. The molecule has 3 N–H and O–H groups in total. The van der Waals surface area contributed by atoms with Gasteiger partial charge in [0, 0.05) is 11.4 Å². The molecule has 3 heteroatoms.